The molecule has 104 valence electrons. The van der Waals surface area contributed by atoms with Crippen molar-refractivity contribution in [1.82, 2.24) is 5.32 Å². The zero-order chi connectivity index (χ0) is 13.3. The molecule has 3 rings (SSSR count). The van der Waals surface area contributed by atoms with Crippen LogP contribution in [0.25, 0.3) is 0 Å². The van der Waals surface area contributed by atoms with E-state index in [-0.39, 0.29) is 0 Å². The Hall–Kier alpha value is -0.470. The predicted molar refractivity (Wildman–Crippen MR) is 85.0 cm³/mol. The molecule has 2 aliphatic rings. The van der Waals surface area contributed by atoms with Crippen molar-refractivity contribution in [1.29, 1.82) is 0 Å². The van der Waals surface area contributed by atoms with Crippen LogP contribution in [0.4, 0.5) is 0 Å². The molecule has 1 nitrogen and oxygen atoms in total. The van der Waals surface area contributed by atoms with Crippen molar-refractivity contribution in [3.63, 3.8) is 0 Å². The van der Waals surface area contributed by atoms with E-state index in [4.69, 9.17) is 0 Å². The van der Waals surface area contributed by atoms with Crippen LogP contribution < -0.4 is 5.32 Å². The molecule has 2 aliphatic carbocycles. The maximum atomic E-state index is 3.81. The third-order valence-electron chi connectivity index (χ3n) is 5.06. The SMILES string of the molecule is CSC1(CNC2CC(c3cccc(C)c3)C2)CCC1. The van der Waals surface area contributed by atoms with Gasteiger partial charge in [0.25, 0.3) is 0 Å². The summed E-state index contributed by atoms with van der Waals surface area (Å²) in [4.78, 5) is 0. The van der Waals surface area contributed by atoms with Crippen molar-refractivity contribution in [3.05, 3.63) is 35.4 Å². The first-order chi connectivity index (χ1) is 9.21. The van der Waals surface area contributed by atoms with Crippen LogP contribution in [0.1, 0.15) is 49.1 Å². The molecule has 1 aromatic carbocycles. The van der Waals surface area contributed by atoms with Crippen molar-refractivity contribution in [2.45, 2.75) is 55.7 Å². The number of rotatable bonds is 5. The molecule has 0 aliphatic heterocycles. The number of benzene rings is 1. The second-order valence-electron chi connectivity index (χ2n) is 6.40. The van der Waals surface area contributed by atoms with Gasteiger partial charge in [0.15, 0.2) is 0 Å². The summed E-state index contributed by atoms with van der Waals surface area (Å²) in [5, 5.41) is 3.81. The first-order valence-corrected chi connectivity index (χ1v) is 8.78. The topological polar surface area (TPSA) is 12.0 Å². The van der Waals surface area contributed by atoms with Crippen LogP contribution in [0.3, 0.4) is 0 Å². The molecule has 0 unspecified atom stereocenters. The Balaban J connectivity index is 1.45. The average Bonchev–Trinajstić information content (AvgIpc) is 2.30. The van der Waals surface area contributed by atoms with E-state index in [2.05, 4.69) is 54.5 Å². The van der Waals surface area contributed by atoms with Gasteiger partial charge in [0, 0.05) is 17.3 Å². The van der Waals surface area contributed by atoms with Crippen LogP contribution in [0.5, 0.6) is 0 Å². The van der Waals surface area contributed by atoms with Gasteiger partial charge in [-0.1, -0.05) is 36.2 Å². The maximum absolute atomic E-state index is 3.81. The highest BCUT2D eigenvalue weighted by Gasteiger charge is 2.38. The van der Waals surface area contributed by atoms with E-state index in [0.29, 0.717) is 4.75 Å². The summed E-state index contributed by atoms with van der Waals surface area (Å²) in [6.45, 7) is 3.41. The molecule has 19 heavy (non-hydrogen) atoms. The molecular weight excluding hydrogens is 250 g/mol. The van der Waals surface area contributed by atoms with Crippen LogP contribution in [0, 0.1) is 6.92 Å². The summed E-state index contributed by atoms with van der Waals surface area (Å²) >= 11 is 2.07. The van der Waals surface area contributed by atoms with Crippen LogP contribution in [-0.4, -0.2) is 23.6 Å². The van der Waals surface area contributed by atoms with Crippen LogP contribution in [-0.2, 0) is 0 Å². The van der Waals surface area contributed by atoms with E-state index in [1.165, 1.54) is 44.2 Å². The summed E-state index contributed by atoms with van der Waals surface area (Å²) in [7, 11) is 0. The minimum absolute atomic E-state index is 0.578. The van der Waals surface area contributed by atoms with Crippen LogP contribution in [0.15, 0.2) is 24.3 Å². The highest BCUT2D eigenvalue weighted by molar-refractivity contribution is 8.00. The predicted octanol–water partition coefficient (Wildman–Crippen LogP) is 4.12. The standard InChI is InChI=1S/C17H25NS/c1-13-5-3-6-14(9-13)15-10-16(11-15)18-12-17(19-2)7-4-8-17/h3,5-6,9,15-16,18H,4,7-8,10-12H2,1-2H3. The lowest BCUT2D eigenvalue weighted by atomic mass is 9.75. The fraction of sp³-hybridized carbons (Fsp3) is 0.647. The van der Waals surface area contributed by atoms with E-state index in [9.17, 15) is 0 Å². The van der Waals surface area contributed by atoms with E-state index in [0.717, 1.165) is 12.0 Å². The molecule has 0 radical (unpaired) electrons. The molecule has 0 bridgehead atoms. The monoisotopic (exact) mass is 275 g/mol. The summed E-state index contributed by atoms with van der Waals surface area (Å²) in [5.74, 6) is 0.795. The first kappa shape index (κ1) is 13.5. The van der Waals surface area contributed by atoms with E-state index in [1.807, 2.05) is 0 Å². The number of hydrogen-bond donors (Lipinski definition) is 1. The van der Waals surface area contributed by atoms with Gasteiger partial charge in [-0.25, -0.2) is 0 Å². The lowest BCUT2D eigenvalue weighted by Crippen LogP contribution is -2.49. The van der Waals surface area contributed by atoms with Crippen molar-refractivity contribution in [3.8, 4) is 0 Å². The van der Waals surface area contributed by atoms with Crippen molar-refractivity contribution < 1.29 is 0 Å². The van der Waals surface area contributed by atoms with E-state index in [1.54, 1.807) is 5.56 Å². The fourth-order valence-electron chi connectivity index (χ4n) is 3.34. The highest BCUT2D eigenvalue weighted by atomic mass is 32.2. The Kier molecular flexibility index (Phi) is 3.91. The van der Waals surface area contributed by atoms with Gasteiger partial charge in [0.1, 0.15) is 0 Å². The van der Waals surface area contributed by atoms with Gasteiger partial charge in [-0.15, -0.1) is 0 Å². The molecule has 0 atom stereocenters. The van der Waals surface area contributed by atoms with Crippen molar-refractivity contribution >= 4 is 11.8 Å². The van der Waals surface area contributed by atoms with Gasteiger partial charge in [0.2, 0.25) is 0 Å². The third kappa shape index (κ3) is 2.85. The molecule has 0 spiro atoms. The molecule has 2 saturated carbocycles. The van der Waals surface area contributed by atoms with Gasteiger partial charge < -0.3 is 5.32 Å². The summed E-state index contributed by atoms with van der Waals surface area (Å²) < 4.78 is 0.578. The molecule has 2 fully saturated rings. The second-order valence-corrected chi connectivity index (χ2v) is 7.68. The molecule has 0 amide bonds. The molecule has 2 heteroatoms. The Morgan fingerprint density at radius 1 is 1.32 bits per heavy atom. The summed E-state index contributed by atoms with van der Waals surface area (Å²) in [5.41, 5.74) is 2.94. The minimum atomic E-state index is 0.578. The highest BCUT2D eigenvalue weighted by Crippen LogP contribution is 2.43. The largest absolute Gasteiger partial charge is 0.313 e. The second kappa shape index (κ2) is 5.49. The average molecular weight is 275 g/mol. The Morgan fingerprint density at radius 3 is 2.68 bits per heavy atom. The smallest absolute Gasteiger partial charge is 0.0281 e. The quantitative estimate of drug-likeness (QED) is 0.867. The van der Waals surface area contributed by atoms with Gasteiger partial charge in [0.05, 0.1) is 0 Å². The lowest BCUT2D eigenvalue weighted by Gasteiger charge is -2.44. The van der Waals surface area contributed by atoms with Crippen LogP contribution in [0.2, 0.25) is 0 Å². The number of nitrogens with one attached hydrogen (secondary N) is 1. The molecule has 0 aromatic heterocycles. The maximum Gasteiger partial charge on any atom is 0.0281 e. The molecule has 0 saturated heterocycles. The number of hydrogen-bond acceptors (Lipinski definition) is 2. The Labute approximate surface area is 121 Å². The number of aryl methyl sites for hydroxylation is 1. The van der Waals surface area contributed by atoms with Gasteiger partial charge >= 0.3 is 0 Å². The van der Waals surface area contributed by atoms with Gasteiger partial charge in [-0.05, 0) is 50.3 Å². The van der Waals surface area contributed by atoms with E-state index < -0.39 is 0 Å². The van der Waals surface area contributed by atoms with Gasteiger partial charge in [-0.2, -0.15) is 11.8 Å². The van der Waals surface area contributed by atoms with Gasteiger partial charge in [-0.3, -0.25) is 0 Å². The zero-order valence-corrected chi connectivity index (χ0v) is 12.9. The third-order valence-corrected chi connectivity index (χ3v) is 6.48. The summed E-state index contributed by atoms with van der Waals surface area (Å²) in [6, 6.07) is 9.80. The molecule has 1 N–H and O–H groups in total. The zero-order valence-electron chi connectivity index (χ0n) is 12.1. The van der Waals surface area contributed by atoms with Crippen molar-refractivity contribution in [2.75, 3.05) is 12.8 Å². The van der Waals surface area contributed by atoms with Crippen LogP contribution >= 0.6 is 11.8 Å². The first-order valence-electron chi connectivity index (χ1n) is 7.56. The summed E-state index contributed by atoms with van der Waals surface area (Å²) in [6.07, 6.45) is 9.18. The Bertz CT molecular complexity index is 427. The van der Waals surface area contributed by atoms with E-state index >= 15 is 0 Å². The Morgan fingerprint density at radius 2 is 2.11 bits per heavy atom. The molecule has 0 heterocycles. The normalized spacial score (nSPS) is 28.5. The van der Waals surface area contributed by atoms with Crippen molar-refractivity contribution in [2.24, 2.45) is 0 Å². The minimum Gasteiger partial charge on any atom is -0.313 e. The molecular formula is C17H25NS. The lowest BCUT2D eigenvalue weighted by molar-refractivity contribution is 0.256. The molecule has 1 aromatic rings. The number of thioether (sulfide) groups is 1. The fourth-order valence-corrected chi connectivity index (χ4v) is 4.26.